The maximum atomic E-state index is 2.59. The maximum Gasteiger partial charge on any atom is 0.109 e. The topological polar surface area (TPSA) is 0 Å². The van der Waals surface area contributed by atoms with E-state index in [0.29, 0.717) is 0 Å². The van der Waals surface area contributed by atoms with E-state index in [-0.39, 0.29) is 5.41 Å². The van der Waals surface area contributed by atoms with Crippen LogP contribution in [0.1, 0.15) is 34.1 Å². The van der Waals surface area contributed by atoms with Crippen LogP contribution in [0.25, 0.3) is 0 Å². The summed E-state index contributed by atoms with van der Waals surface area (Å²) in [5.41, 5.74) is 6.60. The molecule has 4 aliphatic rings. The Morgan fingerprint density at radius 3 is 2.18 bits per heavy atom. The highest BCUT2D eigenvalue weighted by atomic mass is 28.3. The van der Waals surface area contributed by atoms with E-state index in [0.717, 1.165) is 0 Å². The van der Waals surface area contributed by atoms with Crippen LogP contribution in [0.3, 0.4) is 0 Å². The van der Waals surface area contributed by atoms with E-state index in [9.17, 15) is 0 Å². The Bertz CT molecular complexity index is 552. The molecule has 2 heterocycles. The van der Waals surface area contributed by atoms with Crippen molar-refractivity contribution in [3.63, 3.8) is 0 Å². The van der Waals surface area contributed by atoms with Crippen LogP contribution in [0.4, 0.5) is 0 Å². The highest BCUT2D eigenvalue weighted by Gasteiger charge is 2.57. The Labute approximate surface area is 106 Å². The highest BCUT2D eigenvalue weighted by Crippen LogP contribution is 2.63. The molecule has 0 aromatic rings. The molecular formula is C16H22Si. The molecule has 1 unspecified atom stereocenters. The fraction of sp³-hybridized carbons (Fsp3) is 0.500. The molecule has 0 fully saturated rings. The summed E-state index contributed by atoms with van der Waals surface area (Å²) >= 11 is 0. The van der Waals surface area contributed by atoms with Crippen LogP contribution in [-0.2, 0) is 0 Å². The average molecular weight is 242 g/mol. The van der Waals surface area contributed by atoms with Crippen molar-refractivity contribution in [3.8, 4) is 0 Å². The largest absolute Gasteiger partial charge is 0.109 e. The van der Waals surface area contributed by atoms with Gasteiger partial charge in [-0.2, -0.15) is 0 Å². The van der Waals surface area contributed by atoms with Gasteiger partial charge in [0.15, 0.2) is 0 Å². The lowest BCUT2D eigenvalue weighted by molar-refractivity contribution is 0.633. The molecule has 1 heteroatoms. The lowest BCUT2D eigenvalue weighted by Crippen LogP contribution is -2.42. The van der Waals surface area contributed by atoms with Gasteiger partial charge < -0.3 is 0 Å². The average Bonchev–Trinajstić information content (AvgIpc) is 2.75. The molecule has 0 aromatic carbocycles. The van der Waals surface area contributed by atoms with Gasteiger partial charge in [0.05, 0.1) is 0 Å². The molecule has 90 valence electrons. The molecule has 0 nitrogen and oxygen atoms in total. The van der Waals surface area contributed by atoms with Crippen molar-refractivity contribution in [2.45, 2.75) is 47.2 Å². The molecule has 1 atom stereocenters. The molecule has 0 radical (unpaired) electrons. The van der Waals surface area contributed by atoms with Crippen LogP contribution in [0.15, 0.2) is 44.8 Å². The van der Waals surface area contributed by atoms with E-state index in [1.165, 1.54) is 17.6 Å². The van der Waals surface area contributed by atoms with Crippen LogP contribution >= 0.6 is 0 Å². The van der Waals surface area contributed by atoms with Gasteiger partial charge >= 0.3 is 0 Å². The summed E-state index contributed by atoms with van der Waals surface area (Å²) in [7, 11) is -1.18. The number of hydrogen-bond acceptors (Lipinski definition) is 0. The van der Waals surface area contributed by atoms with Gasteiger partial charge in [0.2, 0.25) is 0 Å². The van der Waals surface area contributed by atoms with Gasteiger partial charge in [0, 0.05) is 5.41 Å². The lowest BCUT2D eigenvalue weighted by atomic mass is 9.80. The molecule has 2 aliphatic carbocycles. The first-order valence-electron chi connectivity index (χ1n) is 6.61. The van der Waals surface area contributed by atoms with Crippen molar-refractivity contribution in [2.24, 2.45) is 5.41 Å². The minimum Gasteiger partial charge on any atom is -0.0709 e. The fourth-order valence-electron chi connectivity index (χ4n) is 4.59. The summed E-state index contributed by atoms with van der Waals surface area (Å²) in [5, 5.41) is 3.53. The number of rotatable bonds is 1. The van der Waals surface area contributed by atoms with E-state index in [4.69, 9.17) is 0 Å². The lowest BCUT2D eigenvalue weighted by Gasteiger charge is -2.41. The molecule has 0 amide bonds. The number of fused-ring (bicyclic) bond motifs is 1. The zero-order chi connectivity index (χ0) is 12.6. The standard InChI is InChI=1S/C16H22Si/c1-10-7-11(2)13(8-10)16(4)9-14-12(3)15(16)17(14,5)6/h7,9H,8H2,1-6H3. The molecule has 0 spiro atoms. The molecule has 2 aliphatic heterocycles. The van der Waals surface area contributed by atoms with Gasteiger partial charge in [-0.05, 0) is 39.7 Å². The molecule has 17 heavy (non-hydrogen) atoms. The van der Waals surface area contributed by atoms with Crippen LogP contribution in [-0.4, -0.2) is 8.07 Å². The second-order valence-electron chi connectivity index (χ2n) is 6.71. The second-order valence-corrected chi connectivity index (χ2v) is 11.0. The smallest absolute Gasteiger partial charge is 0.0709 e. The van der Waals surface area contributed by atoms with Gasteiger partial charge in [0.25, 0.3) is 0 Å². The van der Waals surface area contributed by atoms with Crippen molar-refractivity contribution < 1.29 is 0 Å². The molecule has 0 N–H and O–H groups in total. The summed E-state index contributed by atoms with van der Waals surface area (Å²) < 4.78 is 0. The highest BCUT2D eigenvalue weighted by molar-refractivity contribution is 6.96. The zero-order valence-corrected chi connectivity index (χ0v) is 12.9. The first-order valence-corrected chi connectivity index (χ1v) is 9.61. The van der Waals surface area contributed by atoms with Crippen LogP contribution in [0, 0.1) is 5.41 Å². The molecule has 0 saturated carbocycles. The Hall–Kier alpha value is -0.823. The van der Waals surface area contributed by atoms with Crippen LogP contribution in [0.5, 0.6) is 0 Å². The van der Waals surface area contributed by atoms with E-state index in [2.05, 4.69) is 52.9 Å². The minimum atomic E-state index is -1.18. The van der Waals surface area contributed by atoms with Crippen molar-refractivity contribution in [1.29, 1.82) is 0 Å². The van der Waals surface area contributed by atoms with Crippen molar-refractivity contribution in [2.75, 3.05) is 0 Å². The third kappa shape index (κ3) is 1.14. The number of allylic oxidation sites excluding steroid dienone is 8. The van der Waals surface area contributed by atoms with Crippen molar-refractivity contribution >= 4 is 8.07 Å². The Morgan fingerprint density at radius 1 is 1.18 bits per heavy atom. The second kappa shape index (κ2) is 2.95. The monoisotopic (exact) mass is 242 g/mol. The normalized spacial score (nSPS) is 34.0. The molecule has 4 rings (SSSR count). The third-order valence-corrected chi connectivity index (χ3v) is 9.06. The molecule has 0 saturated heterocycles. The van der Waals surface area contributed by atoms with Crippen LogP contribution in [0.2, 0.25) is 13.1 Å². The first kappa shape index (κ1) is 11.3. The summed E-state index contributed by atoms with van der Waals surface area (Å²) in [6, 6.07) is 0. The molecule has 2 bridgehead atoms. The van der Waals surface area contributed by atoms with Gasteiger partial charge in [-0.3, -0.25) is 0 Å². The van der Waals surface area contributed by atoms with Gasteiger partial charge in [-0.15, -0.1) is 0 Å². The minimum absolute atomic E-state index is 0.271. The fourth-order valence-corrected chi connectivity index (χ4v) is 8.98. The van der Waals surface area contributed by atoms with E-state index < -0.39 is 8.07 Å². The predicted octanol–water partition coefficient (Wildman–Crippen LogP) is 4.72. The Balaban J connectivity index is 2.10. The Kier molecular flexibility index (Phi) is 1.95. The summed E-state index contributed by atoms with van der Waals surface area (Å²) in [6.45, 7) is 14.3. The van der Waals surface area contributed by atoms with Gasteiger partial charge in [-0.25, -0.2) is 0 Å². The van der Waals surface area contributed by atoms with Gasteiger partial charge in [0.1, 0.15) is 8.07 Å². The van der Waals surface area contributed by atoms with Crippen molar-refractivity contribution in [1.82, 2.24) is 0 Å². The zero-order valence-electron chi connectivity index (χ0n) is 11.9. The first-order chi connectivity index (χ1) is 7.78. The Morgan fingerprint density at radius 2 is 1.82 bits per heavy atom. The molecular weight excluding hydrogens is 220 g/mol. The summed E-state index contributed by atoms with van der Waals surface area (Å²) in [4.78, 5) is 0. The van der Waals surface area contributed by atoms with Crippen LogP contribution < -0.4 is 0 Å². The maximum absolute atomic E-state index is 2.59. The third-order valence-electron chi connectivity index (χ3n) is 5.05. The van der Waals surface area contributed by atoms with E-state index >= 15 is 0 Å². The quantitative estimate of drug-likeness (QED) is 0.584. The van der Waals surface area contributed by atoms with E-state index in [1.807, 2.05) is 0 Å². The van der Waals surface area contributed by atoms with Gasteiger partial charge in [-0.1, -0.05) is 52.4 Å². The summed E-state index contributed by atoms with van der Waals surface area (Å²) in [6.07, 6.45) is 6.15. The SMILES string of the molecule is CC1=CC(C)=C(C2(C)C=C3C(C)=C2[Si]3(C)C)C1. The predicted molar refractivity (Wildman–Crippen MR) is 77.4 cm³/mol. The summed E-state index contributed by atoms with van der Waals surface area (Å²) in [5.74, 6) is 0. The molecule has 0 aromatic heterocycles. The van der Waals surface area contributed by atoms with E-state index in [1.54, 1.807) is 21.5 Å². The van der Waals surface area contributed by atoms with Crippen molar-refractivity contribution in [3.05, 3.63) is 44.8 Å². The number of hydrogen-bond donors (Lipinski definition) is 0.